The largest absolute Gasteiger partial charge is 0.497 e. The Kier molecular flexibility index (Phi) is 6.07. The summed E-state index contributed by atoms with van der Waals surface area (Å²) in [5.41, 5.74) is 7.43. The third-order valence-corrected chi connectivity index (χ3v) is 4.90. The molecular formula is C21H22ClN5O3. The van der Waals surface area contributed by atoms with E-state index >= 15 is 0 Å². The number of nitrogens with zero attached hydrogens (tertiary/aromatic N) is 3. The van der Waals surface area contributed by atoms with E-state index < -0.39 is 11.5 Å². The van der Waals surface area contributed by atoms with Gasteiger partial charge in [-0.1, -0.05) is 25.4 Å². The summed E-state index contributed by atoms with van der Waals surface area (Å²) in [4.78, 5) is 34.1. The Morgan fingerprint density at radius 3 is 2.63 bits per heavy atom. The van der Waals surface area contributed by atoms with E-state index in [0.717, 1.165) is 5.56 Å². The van der Waals surface area contributed by atoms with Gasteiger partial charge in [0.1, 0.15) is 23.5 Å². The number of rotatable bonds is 5. The van der Waals surface area contributed by atoms with Gasteiger partial charge in [0, 0.05) is 12.3 Å². The number of carbonyl (C=O) groups excluding carboxylic acids is 1. The molecule has 0 aliphatic carbocycles. The number of nitrogens with two attached hydrogens (primary N) is 1. The minimum atomic E-state index is -0.677. The Balaban J connectivity index is 2.05. The molecular weight excluding hydrogens is 406 g/mol. The molecule has 0 unspecified atom stereocenters. The zero-order valence-electron chi connectivity index (χ0n) is 17.1. The number of nitrogen functional groups attached to an aromatic ring is 1. The number of carbonyl (C=O) groups is 1. The van der Waals surface area contributed by atoms with E-state index in [-0.39, 0.29) is 22.3 Å². The fraction of sp³-hybridized carbons (Fsp3) is 0.238. The molecule has 3 aromatic rings. The molecule has 30 heavy (non-hydrogen) atoms. The highest BCUT2D eigenvalue weighted by atomic mass is 35.5. The van der Waals surface area contributed by atoms with Crippen LogP contribution in [0.25, 0.3) is 5.69 Å². The minimum Gasteiger partial charge on any atom is -0.497 e. The number of nitrogens with one attached hydrogen (secondary N) is 1. The first-order valence-corrected chi connectivity index (χ1v) is 9.58. The van der Waals surface area contributed by atoms with Crippen molar-refractivity contribution < 1.29 is 9.53 Å². The molecule has 0 aliphatic rings. The van der Waals surface area contributed by atoms with Crippen molar-refractivity contribution in [2.24, 2.45) is 0 Å². The Morgan fingerprint density at radius 2 is 2.00 bits per heavy atom. The number of ether oxygens (including phenoxy) is 1. The van der Waals surface area contributed by atoms with Gasteiger partial charge >= 0.3 is 0 Å². The van der Waals surface area contributed by atoms with E-state index in [1.807, 2.05) is 13.8 Å². The number of methoxy groups -OCH3 is 1. The van der Waals surface area contributed by atoms with Crippen LogP contribution >= 0.6 is 11.6 Å². The maximum atomic E-state index is 13.1. The number of aryl methyl sites for hydroxylation is 1. The minimum absolute atomic E-state index is 0.177. The first-order chi connectivity index (χ1) is 14.2. The van der Waals surface area contributed by atoms with E-state index in [1.54, 1.807) is 31.3 Å². The number of anilines is 2. The van der Waals surface area contributed by atoms with Crippen LogP contribution in [0, 0.1) is 6.92 Å². The van der Waals surface area contributed by atoms with Crippen molar-refractivity contribution in [1.29, 1.82) is 0 Å². The summed E-state index contributed by atoms with van der Waals surface area (Å²) in [5.74, 6) is -0.0724. The number of aromatic nitrogens is 3. The second kappa shape index (κ2) is 8.54. The van der Waals surface area contributed by atoms with Crippen molar-refractivity contribution in [3.05, 3.63) is 69.0 Å². The molecule has 0 aliphatic heterocycles. The summed E-state index contributed by atoms with van der Waals surface area (Å²) in [6.45, 7) is 5.80. The summed E-state index contributed by atoms with van der Waals surface area (Å²) in [5, 5.41) is 2.95. The molecule has 0 spiro atoms. The Bertz CT molecular complexity index is 1150. The van der Waals surface area contributed by atoms with Crippen molar-refractivity contribution in [1.82, 2.24) is 14.5 Å². The number of benzene rings is 1. The number of pyridine rings is 1. The Morgan fingerprint density at radius 1 is 1.27 bits per heavy atom. The predicted octanol–water partition coefficient (Wildman–Crippen LogP) is 3.56. The second-order valence-electron chi connectivity index (χ2n) is 7.07. The molecule has 0 radical (unpaired) electrons. The van der Waals surface area contributed by atoms with Crippen LogP contribution < -0.4 is 21.3 Å². The predicted molar refractivity (Wildman–Crippen MR) is 117 cm³/mol. The SMILES string of the molecule is COc1cc(C)c(-n2cnc(N)c(C(=O)Nc3cncc(C(C)C)c3)c2=O)c(Cl)c1. The van der Waals surface area contributed by atoms with E-state index in [9.17, 15) is 9.59 Å². The monoisotopic (exact) mass is 427 g/mol. The van der Waals surface area contributed by atoms with Crippen molar-refractivity contribution in [3.63, 3.8) is 0 Å². The highest BCUT2D eigenvalue weighted by Gasteiger charge is 2.21. The first kappa shape index (κ1) is 21.3. The summed E-state index contributed by atoms with van der Waals surface area (Å²) < 4.78 is 6.39. The van der Waals surface area contributed by atoms with Crippen LogP contribution in [0.15, 0.2) is 41.7 Å². The molecule has 2 heterocycles. The van der Waals surface area contributed by atoms with Gasteiger partial charge in [-0.15, -0.1) is 0 Å². The fourth-order valence-corrected chi connectivity index (χ4v) is 3.35. The van der Waals surface area contributed by atoms with Crippen molar-refractivity contribution in [2.45, 2.75) is 26.7 Å². The molecule has 2 aromatic heterocycles. The van der Waals surface area contributed by atoms with Crippen molar-refractivity contribution in [2.75, 3.05) is 18.2 Å². The lowest BCUT2D eigenvalue weighted by Crippen LogP contribution is -2.31. The zero-order chi connectivity index (χ0) is 22.0. The van der Waals surface area contributed by atoms with Gasteiger partial charge in [0.15, 0.2) is 0 Å². The van der Waals surface area contributed by atoms with Gasteiger partial charge in [0.25, 0.3) is 11.5 Å². The van der Waals surface area contributed by atoms with Gasteiger partial charge in [-0.2, -0.15) is 0 Å². The normalized spacial score (nSPS) is 10.9. The molecule has 3 N–H and O–H groups in total. The Hall–Kier alpha value is -3.39. The van der Waals surface area contributed by atoms with Crippen molar-refractivity contribution in [3.8, 4) is 11.4 Å². The summed E-state index contributed by atoms with van der Waals surface area (Å²) in [6, 6.07) is 5.10. The van der Waals surface area contributed by atoms with Crippen LogP contribution in [0.2, 0.25) is 5.02 Å². The molecule has 1 amide bonds. The number of amides is 1. The number of hydrogen-bond donors (Lipinski definition) is 2. The van der Waals surface area contributed by atoms with Gasteiger partial charge in [-0.25, -0.2) is 4.98 Å². The first-order valence-electron chi connectivity index (χ1n) is 9.20. The van der Waals surface area contributed by atoms with Crippen LogP contribution in [0.4, 0.5) is 11.5 Å². The lowest BCUT2D eigenvalue weighted by molar-refractivity contribution is 0.102. The molecule has 9 heteroatoms. The van der Waals surface area contributed by atoms with Crippen LogP contribution in [0.3, 0.4) is 0 Å². The molecule has 0 atom stereocenters. The molecule has 0 saturated heterocycles. The average Bonchev–Trinajstić information content (AvgIpc) is 2.69. The quantitative estimate of drug-likeness (QED) is 0.643. The smallest absolute Gasteiger partial charge is 0.273 e. The third kappa shape index (κ3) is 4.13. The topological polar surface area (TPSA) is 112 Å². The summed E-state index contributed by atoms with van der Waals surface area (Å²) in [6.07, 6.45) is 4.47. The lowest BCUT2D eigenvalue weighted by Gasteiger charge is -2.15. The number of hydrogen-bond acceptors (Lipinski definition) is 6. The fourth-order valence-electron chi connectivity index (χ4n) is 3.00. The molecule has 8 nitrogen and oxygen atoms in total. The average molecular weight is 428 g/mol. The zero-order valence-corrected chi connectivity index (χ0v) is 17.8. The molecule has 0 saturated carbocycles. The summed E-state index contributed by atoms with van der Waals surface area (Å²) in [7, 11) is 1.52. The van der Waals surface area contributed by atoms with E-state index in [4.69, 9.17) is 22.1 Å². The van der Waals surface area contributed by atoms with Gasteiger partial charge in [-0.3, -0.25) is 19.1 Å². The van der Waals surface area contributed by atoms with Gasteiger partial charge in [0.2, 0.25) is 0 Å². The highest BCUT2D eigenvalue weighted by molar-refractivity contribution is 6.32. The van der Waals surface area contributed by atoms with E-state index in [2.05, 4.69) is 15.3 Å². The highest BCUT2D eigenvalue weighted by Crippen LogP contribution is 2.29. The van der Waals surface area contributed by atoms with Gasteiger partial charge in [-0.05, 0) is 36.1 Å². The van der Waals surface area contributed by atoms with Gasteiger partial charge in [0.05, 0.1) is 29.7 Å². The Labute approximate surface area is 178 Å². The molecule has 0 bridgehead atoms. The third-order valence-electron chi connectivity index (χ3n) is 4.62. The molecule has 156 valence electrons. The molecule has 0 fully saturated rings. The van der Waals surface area contributed by atoms with Crippen LogP contribution in [-0.2, 0) is 0 Å². The maximum Gasteiger partial charge on any atom is 0.273 e. The molecule has 3 rings (SSSR count). The summed E-state index contributed by atoms with van der Waals surface area (Å²) >= 11 is 6.36. The second-order valence-corrected chi connectivity index (χ2v) is 7.48. The number of halogens is 1. The lowest BCUT2D eigenvalue weighted by atomic mass is 10.1. The van der Waals surface area contributed by atoms with Crippen molar-refractivity contribution >= 4 is 29.0 Å². The van der Waals surface area contributed by atoms with Crippen LogP contribution in [-0.4, -0.2) is 27.6 Å². The maximum absolute atomic E-state index is 13.1. The van der Waals surface area contributed by atoms with E-state index in [1.165, 1.54) is 24.2 Å². The van der Waals surface area contributed by atoms with Crippen LogP contribution in [0.1, 0.15) is 41.3 Å². The van der Waals surface area contributed by atoms with Gasteiger partial charge < -0.3 is 15.8 Å². The standard InChI is InChI=1S/C21H22ClN5O3/c1-11(2)13-6-14(9-24-8-13)26-20(28)17-19(23)25-10-27(21(17)29)18-12(3)5-15(30-4)7-16(18)22/h5-11H,23H2,1-4H3,(H,26,28). The molecule has 1 aromatic carbocycles. The van der Waals surface area contributed by atoms with E-state index in [0.29, 0.717) is 22.7 Å². The van der Waals surface area contributed by atoms with Crippen LogP contribution in [0.5, 0.6) is 5.75 Å².